The zero-order chi connectivity index (χ0) is 16.8. The average Bonchev–Trinajstić information content (AvgIpc) is 2.90. The van der Waals surface area contributed by atoms with Gasteiger partial charge in [0.1, 0.15) is 12.4 Å². The minimum Gasteiger partial charge on any atom is -0.491 e. The van der Waals surface area contributed by atoms with E-state index in [0.29, 0.717) is 13.2 Å². The number of carbonyl (C=O) groups is 1. The minimum absolute atomic E-state index is 0.00567. The van der Waals surface area contributed by atoms with Gasteiger partial charge in [-0.1, -0.05) is 12.1 Å². The molecule has 0 saturated heterocycles. The molecule has 124 valence electrons. The summed E-state index contributed by atoms with van der Waals surface area (Å²) in [5.41, 5.74) is 3.13. The Kier molecular flexibility index (Phi) is 5.76. The van der Waals surface area contributed by atoms with Crippen LogP contribution < -0.4 is 10.1 Å². The van der Waals surface area contributed by atoms with E-state index < -0.39 is 0 Å². The molecule has 0 unspecified atom stereocenters. The first-order valence-electron chi connectivity index (χ1n) is 7.63. The van der Waals surface area contributed by atoms with E-state index in [2.05, 4.69) is 15.5 Å². The molecule has 6 heteroatoms. The number of ether oxygens (including phenoxy) is 1. The molecule has 0 radical (unpaired) electrons. The third-order valence-electron chi connectivity index (χ3n) is 3.34. The third-order valence-corrected chi connectivity index (χ3v) is 3.34. The smallest absolute Gasteiger partial charge is 0.234 e. The van der Waals surface area contributed by atoms with E-state index in [-0.39, 0.29) is 11.9 Å². The number of hydrogen-bond acceptors (Lipinski definition) is 4. The molecule has 1 amide bonds. The molecule has 0 saturated carbocycles. The molecule has 0 fully saturated rings. The van der Waals surface area contributed by atoms with Crippen molar-refractivity contribution >= 4 is 5.91 Å². The SMILES string of the molecule is Cc1[nH]ncc1-c1cccc(OC[C@@H](C)NC(=O)CN(C)C)c1. The molecule has 0 aliphatic heterocycles. The number of likely N-dealkylation sites (N-methyl/N-ethyl adjacent to an activating group) is 1. The van der Waals surface area contributed by atoms with Crippen molar-refractivity contribution in [2.75, 3.05) is 27.2 Å². The quantitative estimate of drug-likeness (QED) is 0.817. The molecule has 1 aromatic carbocycles. The maximum absolute atomic E-state index is 11.7. The first-order chi connectivity index (χ1) is 11.0. The summed E-state index contributed by atoms with van der Waals surface area (Å²) in [7, 11) is 3.73. The van der Waals surface area contributed by atoms with Gasteiger partial charge in [-0.15, -0.1) is 0 Å². The van der Waals surface area contributed by atoms with Gasteiger partial charge >= 0.3 is 0 Å². The highest BCUT2D eigenvalue weighted by Crippen LogP contribution is 2.25. The van der Waals surface area contributed by atoms with Gasteiger partial charge in [0.15, 0.2) is 0 Å². The lowest BCUT2D eigenvalue weighted by molar-refractivity contribution is -0.122. The van der Waals surface area contributed by atoms with Gasteiger partial charge in [-0.2, -0.15) is 5.10 Å². The number of nitrogens with zero attached hydrogens (tertiary/aromatic N) is 2. The second-order valence-corrected chi connectivity index (χ2v) is 5.95. The summed E-state index contributed by atoms with van der Waals surface area (Å²) in [6, 6.07) is 7.81. The Hall–Kier alpha value is -2.34. The van der Waals surface area contributed by atoms with Crippen molar-refractivity contribution in [2.45, 2.75) is 19.9 Å². The van der Waals surface area contributed by atoms with Crippen molar-refractivity contribution in [3.63, 3.8) is 0 Å². The molecule has 0 spiro atoms. The van der Waals surface area contributed by atoms with Crippen molar-refractivity contribution in [3.8, 4) is 16.9 Å². The van der Waals surface area contributed by atoms with Gasteiger partial charge in [-0.05, 0) is 45.6 Å². The van der Waals surface area contributed by atoms with Crippen LogP contribution in [0.25, 0.3) is 11.1 Å². The van der Waals surface area contributed by atoms with E-state index >= 15 is 0 Å². The van der Waals surface area contributed by atoms with Crippen LogP contribution in [-0.4, -0.2) is 54.3 Å². The summed E-state index contributed by atoms with van der Waals surface area (Å²) < 4.78 is 5.79. The highest BCUT2D eigenvalue weighted by molar-refractivity contribution is 5.78. The number of aryl methyl sites for hydroxylation is 1. The van der Waals surface area contributed by atoms with Crippen molar-refractivity contribution < 1.29 is 9.53 Å². The fourth-order valence-electron chi connectivity index (χ4n) is 2.27. The molecule has 2 N–H and O–H groups in total. The lowest BCUT2D eigenvalue weighted by atomic mass is 10.1. The Bertz CT molecular complexity index is 652. The number of aromatic nitrogens is 2. The van der Waals surface area contributed by atoms with Crippen LogP contribution in [0.5, 0.6) is 5.75 Å². The summed E-state index contributed by atoms with van der Waals surface area (Å²) in [6.07, 6.45) is 1.80. The zero-order valence-corrected chi connectivity index (χ0v) is 14.1. The van der Waals surface area contributed by atoms with Gasteiger partial charge in [0.25, 0.3) is 0 Å². The predicted octanol–water partition coefficient (Wildman–Crippen LogP) is 1.83. The van der Waals surface area contributed by atoms with Crippen LogP contribution >= 0.6 is 0 Å². The first-order valence-corrected chi connectivity index (χ1v) is 7.63. The maximum Gasteiger partial charge on any atom is 0.234 e. The van der Waals surface area contributed by atoms with E-state index in [1.807, 2.05) is 57.1 Å². The van der Waals surface area contributed by atoms with E-state index in [1.165, 1.54) is 0 Å². The predicted molar refractivity (Wildman–Crippen MR) is 90.4 cm³/mol. The molecule has 2 aromatic rings. The fraction of sp³-hybridized carbons (Fsp3) is 0.412. The Balaban J connectivity index is 1.91. The number of benzene rings is 1. The molecule has 23 heavy (non-hydrogen) atoms. The summed E-state index contributed by atoms with van der Waals surface area (Å²) in [5.74, 6) is 0.769. The second kappa shape index (κ2) is 7.78. The van der Waals surface area contributed by atoms with Crippen molar-refractivity contribution in [3.05, 3.63) is 36.2 Å². The van der Waals surface area contributed by atoms with E-state index in [0.717, 1.165) is 22.6 Å². The number of amides is 1. The van der Waals surface area contributed by atoms with Crippen molar-refractivity contribution in [1.29, 1.82) is 0 Å². The molecule has 1 aromatic heterocycles. The Labute approximate surface area is 136 Å². The lowest BCUT2D eigenvalue weighted by Gasteiger charge is -2.17. The molecule has 0 aliphatic rings. The Morgan fingerprint density at radius 2 is 2.22 bits per heavy atom. The van der Waals surface area contributed by atoms with Gasteiger partial charge in [-0.25, -0.2) is 0 Å². The van der Waals surface area contributed by atoms with E-state index in [4.69, 9.17) is 4.74 Å². The maximum atomic E-state index is 11.7. The van der Waals surface area contributed by atoms with E-state index in [1.54, 1.807) is 6.20 Å². The van der Waals surface area contributed by atoms with Crippen LogP contribution in [0, 0.1) is 6.92 Å². The molecule has 1 atom stereocenters. The van der Waals surface area contributed by atoms with Crippen LogP contribution in [0.4, 0.5) is 0 Å². The summed E-state index contributed by atoms with van der Waals surface area (Å²) in [4.78, 5) is 13.5. The van der Waals surface area contributed by atoms with Crippen LogP contribution in [0.1, 0.15) is 12.6 Å². The van der Waals surface area contributed by atoms with Gasteiger partial charge in [-0.3, -0.25) is 9.89 Å². The van der Waals surface area contributed by atoms with Crippen molar-refractivity contribution in [1.82, 2.24) is 20.4 Å². The van der Waals surface area contributed by atoms with Crippen molar-refractivity contribution in [2.24, 2.45) is 0 Å². The molecule has 0 aliphatic carbocycles. The molecular weight excluding hydrogens is 292 g/mol. The molecule has 0 bridgehead atoms. The number of aromatic amines is 1. The number of rotatable bonds is 7. The Morgan fingerprint density at radius 3 is 2.87 bits per heavy atom. The molecular formula is C17H24N4O2. The largest absolute Gasteiger partial charge is 0.491 e. The lowest BCUT2D eigenvalue weighted by Crippen LogP contribution is -2.41. The molecule has 1 heterocycles. The van der Waals surface area contributed by atoms with Gasteiger partial charge < -0.3 is 15.0 Å². The summed E-state index contributed by atoms with van der Waals surface area (Å²) in [6.45, 7) is 4.71. The van der Waals surface area contributed by atoms with E-state index in [9.17, 15) is 4.79 Å². The van der Waals surface area contributed by atoms with Gasteiger partial charge in [0.05, 0.1) is 18.8 Å². The molecule has 2 rings (SSSR count). The highest BCUT2D eigenvalue weighted by Gasteiger charge is 2.10. The number of hydrogen-bond donors (Lipinski definition) is 2. The fourth-order valence-corrected chi connectivity index (χ4v) is 2.27. The minimum atomic E-state index is -0.0539. The van der Waals surface area contributed by atoms with Crippen LogP contribution in [-0.2, 0) is 4.79 Å². The standard InChI is InChI=1S/C17H24N4O2/c1-12(19-17(22)10-21(3)4)11-23-15-7-5-6-14(8-15)16-9-18-20-13(16)2/h5-9,12H,10-11H2,1-4H3,(H,18,20)(H,19,22)/t12-/m1/s1. The van der Waals surface area contributed by atoms with Gasteiger partial charge in [0, 0.05) is 11.3 Å². The third kappa shape index (κ3) is 5.10. The van der Waals surface area contributed by atoms with Crippen LogP contribution in [0.3, 0.4) is 0 Å². The van der Waals surface area contributed by atoms with Gasteiger partial charge in [0.2, 0.25) is 5.91 Å². The first kappa shape index (κ1) is 17.0. The monoisotopic (exact) mass is 316 g/mol. The Morgan fingerprint density at radius 1 is 1.43 bits per heavy atom. The highest BCUT2D eigenvalue weighted by atomic mass is 16.5. The second-order valence-electron chi connectivity index (χ2n) is 5.95. The topological polar surface area (TPSA) is 70.2 Å². The normalized spacial score (nSPS) is 12.2. The number of carbonyl (C=O) groups excluding carboxylic acids is 1. The summed E-state index contributed by atoms with van der Waals surface area (Å²) >= 11 is 0. The zero-order valence-electron chi connectivity index (χ0n) is 14.1. The number of H-pyrrole nitrogens is 1. The average molecular weight is 316 g/mol. The number of nitrogens with one attached hydrogen (secondary N) is 2. The van der Waals surface area contributed by atoms with Crippen LogP contribution in [0.15, 0.2) is 30.5 Å². The van der Waals surface area contributed by atoms with Crippen LogP contribution in [0.2, 0.25) is 0 Å². The molecule has 6 nitrogen and oxygen atoms in total. The summed E-state index contributed by atoms with van der Waals surface area (Å²) in [5, 5.41) is 9.88.